The zero-order valence-electron chi connectivity index (χ0n) is 15.0. The number of carboxylic acid groups (broad SMARTS) is 1. The van der Waals surface area contributed by atoms with Crippen LogP contribution in [0.3, 0.4) is 0 Å². The molecule has 1 N–H and O–H groups in total. The lowest BCUT2D eigenvalue weighted by atomic mass is 9.86. The van der Waals surface area contributed by atoms with E-state index < -0.39 is 23.8 Å². The van der Waals surface area contributed by atoms with E-state index in [1.807, 2.05) is 12.1 Å². The highest BCUT2D eigenvalue weighted by Crippen LogP contribution is 2.34. The number of hydrogen-bond donors (Lipinski definition) is 1. The molecule has 2 amide bonds. The SMILES string of the molecule is CC(C)(C)c1ccc([C@H](CC(=O)O)N2C(=O)c3ccccc3C2=O)cc1. The van der Waals surface area contributed by atoms with Gasteiger partial charge in [-0.25, -0.2) is 0 Å². The van der Waals surface area contributed by atoms with Gasteiger partial charge in [-0.3, -0.25) is 19.3 Å². The van der Waals surface area contributed by atoms with E-state index in [0.29, 0.717) is 16.7 Å². The first-order valence-electron chi connectivity index (χ1n) is 8.49. The fraction of sp³-hybridized carbons (Fsp3) is 0.286. The van der Waals surface area contributed by atoms with Gasteiger partial charge in [0.2, 0.25) is 0 Å². The maximum atomic E-state index is 12.7. The van der Waals surface area contributed by atoms with Gasteiger partial charge in [0, 0.05) is 0 Å². The van der Waals surface area contributed by atoms with Crippen LogP contribution in [0, 0.1) is 0 Å². The maximum absolute atomic E-state index is 12.7. The number of carboxylic acids is 1. The number of imide groups is 1. The number of aliphatic carboxylic acids is 1. The molecule has 0 spiro atoms. The zero-order valence-corrected chi connectivity index (χ0v) is 15.0. The standard InChI is InChI=1S/C21H21NO4/c1-21(2,3)14-10-8-13(9-11-14)17(12-18(23)24)22-19(25)15-6-4-5-7-16(15)20(22)26/h4-11,17H,12H2,1-3H3,(H,23,24)/t17-/m0/s1. The second-order valence-electron chi connectivity index (χ2n) is 7.51. The molecule has 5 nitrogen and oxygen atoms in total. The molecule has 1 heterocycles. The summed E-state index contributed by atoms with van der Waals surface area (Å²) in [6.07, 6.45) is -0.333. The van der Waals surface area contributed by atoms with Crippen molar-refractivity contribution in [2.45, 2.75) is 38.6 Å². The third-order valence-corrected chi connectivity index (χ3v) is 4.67. The fourth-order valence-electron chi connectivity index (χ4n) is 3.22. The van der Waals surface area contributed by atoms with Crippen molar-refractivity contribution >= 4 is 17.8 Å². The van der Waals surface area contributed by atoms with Gasteiger partial charge in [-0.2, -0.15) is 0 Å². The molecule has 0 aromatic heterocycles. The first-order valence-corrected chi connectivity index (χ1v) is 8.49. The number of benzene rings is 2. The van der Waals surface area contributed by atoms with Crippen molar-refractivity contribution < 1.29 is 19.5 Å². The quantitative estimate of drug-likeness (QED) is 0.850. The van der Waals surface area contributed by atoms with Gasteiger partial charge in [-0.15, -0.1) is 0 Å². The number of amides is 2. The highest BCUT2D eigenvalue weighted by atomic mass is 16.4. The summed E-state index contributed by atoms with van der Waals surface area (Å²) in [6, 6.07) is 13.2. The lowest BCUT2D eigenvalue weighted by Crippen LogP contribution is -2.35. The number of fused-ring (bicyclic) bond motifs is 1. The molecular formula is C21H21NO4. The third kappa shape index (κ3) is 3.12. The molecule has 0 saturated carbocycles. The predicted molar refractivity (Wildman–Crippen MR) is 97.1 cm³/mol. The van der Waals surface area contributed by atoms with Crippen LogP contribution in [0.5, 0.6) is 0 Å². The van der Waals surface area contributed by atoms with Gasteiger partial charge in [0.1, 0.15) is 0 Å². The van der Waals surface area contributed by atoms with Crippen molar-refractivity contribution in [2.24, 2.45) is 0 Å². The summed E-state index contributed by atoms with van der Waals surface area (Å²) < 4.78 is 0. The van der Waals surface area contributed by atoms with E-state index in [1.54, 1.807) is 36.4 Å². The second kappa shape index (κ2) is 6.41. The molecule has 0 bridgehead atoms. The van der Waals surface area contributed by atoms with Crippen molar-refractivity contribution in [3.8, 4) is 0 Å². The fourth-order valence-corrected chi connectivity index (χ4v) is 3.22. The Bertz CT molecular complexity index is 843. The molecule has 0 saturated heterocycles. The second-order valence-corrected chi connectivity index (χ2v) is 7.51. The van der Waals surface area contributed by atoms with Gasteiger partial charge in [0.15, 0.2) is 0 Å². The Hall–Kier alpha value is -2.95. The molecule has 0 radical (unpaired) electrons. The first kappa shape index (κ1) is 17.9. The van der Waals surface area contributed by atoms with E-state index in [0.717, 1.165) is 10.5 Å². The lowest BCUT2D eigenvalue weighted by Gasteiger charge is -2.26. The van der Waals surface area contributed by atoms with Crippen molar-refractivity contribution in [2.75, 3.05) is 0 Å². The van der Waals surface area contributed by atoms with Crippen molar-refractivity contribution in [1.82, 2.24) is 4.90 Å². The van der Waals surface area contributed by atoms with E-state index in [1.165, 1.54) is 0 Å². The van der Waals surface area contributed by atoms with Crippen LogP contribution in [0.1, 0.15) is 65.1 Å². The molecule has 1 aliphatic rings. The van der Waals surface area contributed by atoms with Crippen molar-refractivity contribution in [3.63, 3.8) is 0 Å². The Morgan fingerprint density at radius 3 is 1.88 bits per heavy atom. The molecule has 1 atom stereocenters. The molecule has 134 valence electrons. The van der Waals surface area contributed by atoms with Crippen LogP contribution in [-0.4, -0.2) is 27.8 Å². The molecule has 26 heavy (non-hydrogen) atoms. The van der Waals surface area contributed by atoms with E-state index >= 15 is 0 Å². The zero-order chi connectivity index (χ0) is 19.1. The van der Waals surface area contributed by atoms with Crippen LogP contribution >= 0.6 is 0 Å². The van der Waals surface area contributed by atoms with E-state index in [9.17, 15) is 19.5 Å². The predicted octanol–water partition coefficient (Wildman–Crippen LogP) is 3.80. The molecule has 0 fully saturated rings. The Morgan fingerprint density at radius 2 is 1.46 bits per heavy atom. The molecule has 0 aliphatic carbocycles. The van der Waals surface area contributed by atoms with Crippen LogP contribution in [-0.2, 0) is 10.2 Å². The summed E-state index contributed by atoms with van der Waals surface area (Å²) in [7, 11) is 0. The smallest absolute Gasteiger partial charge is 0.305 e. The van der Waals surface area contributed by atoms with E-state index in [-0.39, 0.29) is 11.8 Å². The number of nitrogens with zero attached hydrogens (tertiary/aromatic N) is 1. The highest BCUT2D eigenvalue weighted by molar-refractivity contribution is 6.21. The topological polar surface area (TPSA) is 74.7 Å². The molecular weight excluding hydrogens is 330 g/mol. The molecule has 2 aromatic carbocycles. The summed E-state index contributed by atoms with van der Waals surface area (Å²) in [5, 5.41) is 9.33. The molecule has 3 rings (SSSR count). The van der Waals surface area contributed by atoms with Gasteiger partial charge in [0.25, 0.3) is 11.8 Å². The number of hydrogen-bond acceptors (Lipinski definition) is 3. The Labute approximate surface area is 152 Å². The lowest BCUT2D eigenvalue weighted by molar-refractivity contribution is -0.138. The van der Waals surface area contributed by atoms with Gasteiger partial charge in [-0.05, 0) is 28.7 Å². The highest BCUT2D eigenvalue weighted by Gasteiger charge is 2.41. The largest absolute Gasteiger partial charge is 0.481 e. The average molecular weight is 351 g/mol. The minimum absolute atomic E-state index is 0.0453. The van der Waals surface area contributed by atoms with E-state index in [4.69, 9.17) is 0 Å². The third-order valence-electron chi connectivity index (χ3n) is 4.67. The Kier molecular flexibility index (Phi) is 4.40. The monoisotopic (exact) mass is 351 g/mol. The van der Waals surface area contributed by atoms with Gasteiger partial charge in [-0.1, -0.05) is 57.2 Å². The number of rotatable bonds is 4. The molecule has 2 aromatic rings. The van der Waals surface area contributed by atoms with Crippen LogP contribution in [0.15, 0.2) is 48.5 Å². The van der Waals surface area contributed by atoms with Crippen LogP contribution < -0.4 is 0 Å². The summed E-state index contributed by atoms with van der Waals surface area (Å²) in [4.78, 5) is 38.0. The molecule has 5 heteroatoms. The average Bonchev–Trinajstić information content (AvgIpc) is 2.84. The Morgan fingerprint density at radius 1 is 0.962 bits per heavy atom. The van der Waals surface area contributed by atoms with Crippen molar-refractivity contribution in [3.05, 3.63) is 70.8 Å². The molecule has 0 unspecified atom stereocenters. The number of carbonyl (C=O) groups is 3. The minimum Gasteiger partial charge on any atom is -0.481 e. The van der Waals surface area contributed by atoms with Crippen LogP contribution in [0.4, 0.5) is 0 Å². The maximum Gasteiger partial charge on any atom is 0.305 e. The minimum atomic E-state index is -1.06. The Balaban J connectivity index is 2.01. The summed E-state index contributed by atoms with van der Waals surface area (Å²) in [5.74, 6) is -1.96. The van der Waals surface area contributed by atoms with Gasteiger partial charge < -0.3 is 5.11 Å². The summed E-state index contributed by atoms with van der Waals surface area (Å²) in [6.45, 7) is 6.25. The normalized spacial score (nSPS) is 15.1. The molecule has 1 aliphatic heterocycles. The van der Waals surface area contributed by atoms with Crippen molar-refractivity contribution in [1.29, 1.82) is 0 Å². The first-order chi connectivity index (χ1) is 12.2. The van der Waals surface area contributed by atoms with Gasteiger partial charge in [0.05, 0.1) is 23.6 Å². The van der Waals surface area contributed by atoms with Crippen LogP contribution in [0.2, 0.25) is 0 Å². The van der Waals surface area contributed by atoms with Gasteiger partial charge >= 0.3 is 5.97 Å². The van der Waals surface area contributed by atoms with E-state index in [2.05, 4.69) is 20.8 Å². The summed E-state index contributed by atoms with van der Waals surface area (Å²) in [5.41, 5.74) is 2.32. The summed E-state index contributed by atoms with van der Waals surface area (Å²) >= 11 is 0. The van der Waals surface area contributed by atoms with Crippen LogP contribution in [0.25, 0.3) is 0 Å². The number of carbonyl (C=O) groups excluding carboxylic acids is 2.